The molecule has 0 aromatic carbocycles. The van der Waals surface area contributed by atoms with Gasteiger partial charge in [-0.25, -0.2) is 4.98 Å². The number of imide groups is 2. The number of carbonyl (C=O) groups excluding carboxylic acids is 4. The van der Waals surface area contributed by atoms with Gasteiger partial charge in [0.05, 0.1) is 5.56 Å². The van der Waals surface area contributed by atoms with Gasteiger partial charge in [-0.3, -0.25) is 29.4 Å². The van der Waals surface area contributed by atoms with Crippen LogP contribution in [0.1, 0.15) is 33.7 Å². The SMILES string of the molecule is O=C1NC(=O)C2(N3C(=O)c4cc(Br)cnc4C3=O)CC1C2. The molecule has 4 amide bonds. The van der Waals surface area contributed by atoms with Crippen molar-refractivity contribution in [1.29, 1.82) is 0 Å². The van der Waals surface area contributed by atoms with E-state index in [1.807, 2.05) is 0 Å². The first-order chi connectivity index (χ1) is 9.94. The minimum Gasteiger partial charge on any atom is -0.294 e. The van der Waals surface area contributed by atoms with Crippen LogP contribution in [0.3, 0.4) is 0 Å². The molecule has 1 saturated carbocycles. The van der Waals surface area contributed by atoms with Crippen molar-refractivity contribution in [2.24, 2.45) is 5.92 Å². The summed E-state index contributed by atoms with van der Waals surface area (Å²) in [6, 6.07) is 1.52. The lowest BCUT2D eigenvalue weighted by Gasteiger charge is -2.52. The normalized spacial score (nSPS) is 30.1. The number of nitrogens with one attached hydrogen (secondary N) is 1. The zero-order valence-corrected chi connectivity index (χ0v) is 12.1. The number of fused-ring (bicyclic) bond motifs is 3. The number of hydrogen-bond acceptors (Lipinski definition) is 5. The molecule has 2 bridgehead atoms. The highest BCUT2D eigenvalue weighted by atomic mass is 79.9. The van der Waals surface area contributed by atoms with Crippen molar-refractivity contribution in [1.82, 2.24) is 15.2 Å². The number of rotatable bonds is 1. The predicted octanol–water partition coefficient (Wildman–Crippen LogP) is 0.245. The Morgan fingerprint density at radius 1 is 1.24 bits per heavy atom. The molecule has 1 aliphatic carbocycles. The van der Waals surface area contributed by atoms with E-state index in [0.717, 1.165) is 4.90 Å². The third-order valence-corrected chi connectivity index (χ3v) is 4.75. The van der Waals surface area contributed by atoms with Gasteiger partial charge in [0.15, 0.2) is 0 Å². The van der Waals surface area contributed by atoms with Crippen molar-refractivity contribution in [2.45, 2.75) is 18.4 Å². The van der Waals surface area contributed by atoms with Crippen molar-refractivity contribution in [3.05, 3.63) is 28.0 Å². The maximum atomic E-state index is 12.5. The van der Waals surface area contributed by atoms with Gasteiger partial charge in [0.2, 0.25) is 5.91 Å². The number of halogens is 1. The maximum Gasteiger partial charge on any atom is 0.281 e. The van der Waals surface area contributed by atoms with Crippen molar-refractivity contribution in [3.63, 3.8) is 0 Å². The lowest BCUT2D eigenvalue weighted by molar-refractivity contribution is -0.158. The van der Waals surface area contributed by atoms with Crippen LogP contribution in [0.5, 0.6) is 0 Å². The van der Waals surface area contributed by atoms with Gasteiger partial charge in [-0.1, -0.05) is 0 Å². The van der Waals surface area contributed by atoms with E-state index in [-0.39, 0.29) is 35.9 Å². The molecule has 1 N–H and O–H groups in total. The van der Waals surface area contributed by atoms with Crippen molar-refractivity contribution < 1.29 is 19.2 Å². The second-order valence-electron chi connectivity index (χ2n) is 5.45. The van der Waals surface area contributed by atoms with Crippen LogP contribution in [0.25, 0.3) is 0 Å². The van der Waals surface area contributed by atoms with Gasteiger partial charge < -0.3 is 0 Å². The molecule has 3 fully saturated rings. The summed E-state index contributed by atoms with van der Waals surface area (Å²) in [4.78, 5) is 53.5. The summed E-state index contributed by atoms with van der Waals surface area (Å²) in [6.07, 6.45) is 1.83. The molecule has 8 heteroatoms. The molecule has 0 spiro atoms. The molecule has 1 aromatic heterocycles. The Morgan fingerprint density at radius 2 is 1.95 bits per heavy atom. The quantitative estimate of drug-likeness (QED) is 0.733. The fourth-order valence-corrected chi connectivity index (χ4v) is 3.55. The summed E-state index contributed by atoms with van der Waals surface area (Å²) in [6.45, 7) is 0. The van der Waals surface area contributed by atoms with Gasteiger partial charge in [0.1, 0.15) is 11.2 Å². The summed E-state index contributed by atoms with van der Waals surface area (Å²) >= 11 is 3.20. The van der Waals surface area contributed by atoms with Crippen LogP contribution in [0, 0.1) is 5.92 Å². The van der Waals surface area contributed by atoms with Gasteiger partial charge >= 0.3 is 0 Å². The average molecular weight is 350 g/mol. The molecule has 7 nitrogen and oxygen atoms in total. The first-order valence-electron chi connectivity index (χ1n) is 6.34. The van der Waals surface area contributed by atoms with E-state index >= 15 is 0 Å². The summed E-state index contributed by atoms with van der Waals surface area (Å²) in [5.74, 6) is -2.34. The third kappa shape index (κ3) is 1.40. The standard InChI is InChI=1S/C13H8BrN3O4/c14-6-1-7-8(15-4-6)11(20)17(10(7)19)13-2-5(3-13)9(18)16-12(13)21/h1,4-5H,2-3H2,(H,16,18,21). The topological polar surface area (TPSA) is 96.4 Å². The average Bonchev–Trinajstić information content (AvgIpc) is 2.61. The van der Waals surface area contributed by atoms with E-state index in [9.17, 15) is 19.2 Å². The van der Waals surface area contributed by atoms with Gasteiger partial charge in [-0.15, -0.1) is 0 Å². The second kappa shape index (κ2) is 3.76. The smallest absolute Gasteiger partial charge is 0.281 e. The number of carbonyl (C=O) groups is 4. The number of aromatic nitrogens is 1. The highest BCUT2D eigenvalue weighted by Gasteiger charge is 2.65. The number of piperidine rings is 2. The van der Waals surface area contributed by atoms with E-state index in [0.29, 0.717) is 4.47 Å². The van der Waals surface area contributed by atoms with Crippen molar-refractivity contribution >= 4 is 39.6 Å². The molecule has 0 atom stereocenters. The van der Waals surface area contributed by atoms with Gasteiger partial charge in [0, 0.05) is 16.6 Å². The number of hydrogen-bond donors (Lipinski definition) is 1. The molecule has 5 rings (SSSR count). The summed E-state index contributed by atoms with van der Waals surface area (Å²) in [7, 11) is 0. The van der Waals surface area contributed by atoms with Crippen LogP contribution < -0.4 is 5.32 Å². The Morgan fingerprint density at radius 3 is 2.62 bits per heavy atom. The zero-order chi connectivity index (χ0) is 14.9. The Bertz CT molecular complexity index is 754. The highest BCUT2D eigenvalue weighted by molar-refractivity contribution is 9.10. The summed E-state index contributed by atoms with van der Waals surface area (Å²) in [5.41, 5.74) is -1.01. The van der Waals surface area contributed by atoms with Crippen molar-refractivity contribution in [2.75, 3.05) is 0 Å². The third-order valence-electron chi connectivity index (χ3n) is 4.32. The minimum absolute atomic E-state index is 0.0470. The Hall–Kier alpha value is -2.09. The Balaban J connectivity index is 1.79. The number of pyridine rings is 1. The monoisotopic (exact) mass is 349 g/mol. The van der Waals surface area contributed by atoms with E-state index < -0.39 is 23.3 Å². The molecule has 0 radical (unpaired) electrons. The molecular formula is C13H8BrN3O4. The van der Waals surface area contributed by atoms with Gasteiger partial charge in [-0.2, -0.15) is 0 Å². The van der Waals surface area contributed by atoms with Crippen LogP contribution in [0.15, 0.2) is 16.7 Å². The minimum atomic E-state index is -1.24. The molecular weight excluding hydrogens is 342 g/mol. The van der Waals surface area contributed by atoms with Crippen LogP contribution in [-0.4, -0.2) is 39.1 Å². The van der Waals surface area contributed by atoms with Crippen LogP contribution in [0.2, 0.25) is 0 Å². The molecule has 4 heterocycles. The lowest BCUT2D eigenvalue weighted by atomic mass is 9.63. The second-order valence-corrected chi connectivity index (χ2v) is 6.37. The van der Waals surface area contributed by atoms with Gasteiger partial charge in [-0.05, 0) is 34.8 Å². The molecule has 1 aromatic rings. The fraction of sp³-hybridized carbons (Fsp3) is 0.308. The molecule has 3 aliphatic heterocycles. The Kier molecular flexibility index (Phi) is 2.26. The first-order valence-corrected chi connectivity index (χ1v) is 7.13. The summed E-state index contributed by atoms with van der Waals surface area (Å²) in [5, 5.41) is 2.22. The molecule has 21 heavy (non-hydrogen) atoms. The lowest BCUT2D eigenvalue weighted by Crippen LogP contribution is -2.74. The van der Waals surface area contributed by atoms with E-state index in [2.05, 4.69) is 26.2 Å². The molecule has 4 aliphatic rings. The number of nitrogens with zero attached hydrogens (tertiary/aromatic N) is 2. The molecule has 106 valence electrons. The molecule has 0 unspecified atom stereocenters. The Labute approximate surface area is 126 Å². The first kappa shape index (κ1) is 12.6. The molecule has 2 saturated heterocycles. The maximum absolute atomic E-state index is 12.5. The highest BCUT2D eigenvalue weighted by Crippen LogP contribution is 2.48. The zero-order valence-electron chi connectivity index (χ0n) is 10.6. The van der Waals surface area contributed by atoms with Crippen LogP contribution in [-0.2, 0) is 9.59 Å². The van der Waals surface area contributed by atoms with Crippen LogP contribution in [0.4, 0.5) is 0 Å². The van der Waals surface area contributed by atoms with Gasteiger partial charge in [0.25, 0.3) is 17.7 Å². The van der Waals surface area contributed by atoms with E-state index in [1.165, 1.54) is 12.3 Å². The van der Waals surface area contributed by atoms with E-state index in [4.69, 9.17) is 0 Å². The van der Waals surface area contributed by atoms with Crippen LogP contribution >= 0.6 is 15.9 Å². The number of amides is 4. The van der Waals surface area contributed by atoms with E-state index in [1.54, 1.807) is 0 Å². The predicted molar refractivity (Wildman–Crippen MR) is 71.0 cm³/mol. The summed E-state index contributed by atoms with van der Waals surface area (Å²) < 4.78 is 0.580. The largest absolute Gasteiger partial charge is 0.294 e. The fourth-order valence-electron chi connectivity index (χ4n) is 3.22. The van der Waals surface area contributed by atoms with Crippen molar-refractivity contribution in [3.8, 4) is 0 Å².